The highest BCUT2D eigenvalue weighted by Crippen LogP contribution is 2.23. The van der Waals surface area contributed by atoms with Crippen LogP contribution in [0.1, 0.15) is 42.6 Å². The quantitative estimate of drug-likeness (QED) is 0.764. The maximum atomic E-state index is 12.4. The van der Waals surface area contributed by atoms with E-state index in [1.54, 1.807) is 6.07 Å². The average Bonchev–Trinajstić information content (AvgIpc) is 2.66. The normalized spacial score (nSPS) is 17.5. The van der Waals surface area contributed by atoms with Crippen LogP contribution in [0.3, 0.4) is 0 Å². The lowest BCUT2D eigenvalue weighted by atomic mass is 9.98. The van der Waals surface area contributed by atoms with Crippen LogP contribution in [0.15, 0.2) is 48.5 Å². The number of amides is 1. The van der Waals surface area contributed by atoms with Crippen molar-refractivity contribution >= 4 is 5.91 Å². The number of benzene rings is 2. The van der Waals surface area contributed by atoms with Crippen LogP contribution in [0.25, 0.3) is 0 Å². The fraction of sp³-hybridized carbons (Fsp3) is 0.435. The molecule has 1 atom stereocenters. The van der Waals surface area contributed by atoms with Crippen molar-refractivity contribution in [2.45, 2.75) is 39.3 Å². The van der Waals surface area contributed by atoms with Crippen LogP contribution in [-0.2, 0) is 6.54 Å². The van der Waals surface area contributed by atoms with Crippen LogP contribution in [0.2, 0.25) is 0 Å². The summed E-state index contributed by atoms with van der Waals surface area (Å²) in [4.78, 5) is 14.8. The SMILES string of the molecule is CC(C)NC(=O)c1ccccc1OCC1CCCN(Cc2cccc(O)c2)C1. The molecule has 1 saturated heterocycles. The number of para-hydroxylation sites is 1. The zero-order valence-corrected chi connectivity index (χ0v) is 16.7. The van der Waals surface area contributed by atoms with E-state index in [4.69, 9.17) is 4.74 Å². The van der Waals surface area contributed by atoms with Gasteiger partial charge in [0.05, 0.1) is 12.2 Å². The van der Waals surface area contributed by atoms with Gasteiger partial charge >= 0.3 is 0 Å². The molecule has 0 saturated carbocycles. The highest BCUT2D eigenvalue weighted by atomic mass is 16.5. The van der Waals surface area contributed by atoms with E-state index in [0.717, 1.165) is 38.0 Å². The van der Waals surface area contributed by atoms with Crippen LogP contribution >= 0.6 is 0 Å². The van der Waals surface area contributed by atoms with Crippen LogP contribution in [0.4, 0.5) is 0 Å². The molecule has 5 heteroatoms. The lowest BCUT2D eigenvalue weighted by Gasteiger charge is -2.32. The van der Waals surface area contributed by atoms with Crippen molar-refractivity contribution in [1.29, 1.82) is 0 Å². The molecular formula is C23H30N2O3. The first-order valence-corrected chi connectivity index (χ1v) is 10.0. The number of carbonyl (C=O) groups excluding carboxylic acids is 1. The van der Waals surface area contributed by atoms with E-state index in [0.29, 0.717) is 29.6 Å². The maximum Gasteiger partial charge on any atom is 0.255 e. The van der Waals surface area contributed by atoms with Crippen molar-refractivity contribution in [3.05, 3.63) is 59.7 Å². The van der Waals surface area contributed by atoms with E-state index < -0.39 is 0 Å². The Kier molecular flexibility index (Phi) is 6.93. The third-order valence-corrected chi connectivity index (χ3v) is 4.95. The van der Waals surface area contributed by atoms with E-state index in [2.05, 4.69) is 10.2 Å². The van der Waals surface area contributed by atoms with Gasteiger partial charge in [0, 0.05) is 25.0 Å². The van der Waals surface area contributed by atoms with Gasteiger partial charge in [-0.15, -0.1) is 0 Å². The van der Waals surface area contributed by atoms with Crippen molar-refractivity contribution in [1.82, 2.24) is 10.2 Å². The highest BCUT2D eigenvalue weighted by molar-refractivity contribution is 5.97. The minimum atomic E-state index is -0.0974. The second kappa shape index (κ2) is 9.60. The Balaban J connectivity index is 1.57. The van der Waals surface area contributed by atoms with Gasteiger partial charge in [-0.05, 0) is 63.1 Å². The molecule has 5 nitrogen and oxygen atoms in total. The topological polar surface area (TPSA) is 61.8 Å². The molecule has 1 aliphatic rings. The second-order valence-electron chi connectivity index (χ2n) is 7.85. The number of ether oxygens (including phenoxy) is 1. The summed E-state index contributed by atoms with van der Waals surface area (Å²) in [6.45, 7) is 7.34. The fourth-order valence-corrected chi connectivity index (χ4v) is 3.67. The fourth-order valence-electron chi connectivity index (χ4n) is 3.67. The van der Waals surface area contributed by atoms with Gasteiger partial charge in [0.25, 0.3) is 5.91 Å². The van der Waals surface area contributed by atoms with E-state index in [1.807, 2.05) is 56.3 Å². The first-order chi connectivity index (χ1) is 13.5. The lowest BCUT2D eigenvalue weighted by molar-refractivity contribution is 0.0932. The molecule has 2 aromatic rings. The molecule has 0 aliphatic carbocycles. The minimum absolute atomic E-state index is 0.0879. The van der Waals surface area contributed by atoms with E-state index >= 15 is 0 Å². The number of piperidine rings is 1. The molecule has 0 aromatic heterocycles. The molecule has 2 aromatic carbocycles. The van der Waals surface area contributed by atoms with Crippen molar-refractivity contribution in [3.63, 3.8) is 0 Å². The van der Waals surface area contributed by atoms with Gasteiger partial charge in [0.2, 0.25) is 0 Å². The van der Waals surface area contributed by atoms with Crippen molar-refractivity contribution < 1.29 is 14.6 Å². The highest BCUT2D eigenvalue weighted by Gasteiger charge is 2.22. The summed E-state index contributed by atoms with van der Waals surface area (Å²) in [6.07, 6.45) is 2.25. The number of nitrogens with one attached hydrogen (secondary N) is 1. The van der Waals surface area contributed by atoms with E-state index in [9.17, 15) is 9.90 Å². The van der Waals surface area contributed by atoms with Crippen LogP contribution in [0, 0.1) is 5.92 Å². The molecule has 0 spiro atoms. The molecular weight excluding hydrogens is 352 g/mol. The summed E-state index contributed by atoms with van der Waals surface area (Å²) in [5.41, 5.74) is 1.71. The summed E-state index contributed by atoms with van der Waals surface area (Å²) in [5.74, 6) is 1.28. The standard InChI is InChI=1S/C23H30N2O3/c1-17(2)24-23(27)21-10-3-4-11-22(21)28-16-19-8-6-12-25(15-19)14-18-7-5-9-20(26)13-18/h3-5,7,9-11,13,17,19,26H,6,8,12,14-16H2,1-2H3,(H,24,27). The Labute approximate surface area is 167 Å². The molecule has 3 rings (SSSR count). The number of rotatable bonds is 7. The molecule has 0 radical (unpaired) electrons. The Morgan fingerprint density at radius 2 is 2.07 bits per heavy atom. The molecule has 1 amide bonds. The van der Waals surface area contributed by atoms with Gasteiger partial charge in [0.1, 0.15) is 11.5 Å². The molecule has 28 heavy (non-hydrogen) atoms. The number of phenols is 1. The Morgan fingerprint density at radius 3 is 2.86 bits per heavy atom. The van der Waals surface area contributed by atoms with Gasteiger partial charge in [-0.25, -0.2) is 0 Å². The molecule has 1 fully saturated rings. The number of aromatic hydroxyl groups is 1. The molecule has 1 unspecified atom stereocenters. The number of hydrogen-bond acceptors (Lipinski definition) is 4. The zero-order valence-electron chi connectivity index (χ0n) is 16.7. The number of hydrogen-bond donors (Lipinski definition) is 2. The van der Waals surface area contributed by atoms with Crippen LogP contribution in [-0.4, -0.2) is 41.7 Å². The van der Waals surface area contributed by atoms with Crippen molar-refractivity contribution in [2.24, 2.45) is 5.92 Å². The Hall–Kier alpha value is -2.53. The molecule has 0 bridgehead atoms. The van der Waals surface area contributed by atoms with Gasteiger partial charge in [-0.3, -0.25) is 9.69 Å². The van der Waals surface area contributed by atoms with Crippen molar-refractivity contribution in [3.8, 4) is 11.5 Å². The minimum Gasteiger partial charge on any atom is -0.508 e. The summed E-state index contributed by atoms with van der Waals surface area (Å²) < 4.78 is 6.07. The Bertz CT molecular complexity index is 791. The average molecular weight is 383 g/mol. The van der Waals surface area contributed by atoms with E-state index in [1.165, 1.54) is 0 Å². The van der Waals surface area contributed by atoms with Gasteiger partial charge in [-0.2, -0.15) is 0 Å². The van der Waals surface area contributed by atoms with Gasteiger partial charge in [-0.1, -0.05) is 24.3 Å². The molecule has 150 valence electrons. The van der Waals surface area contributed by atoms with Gasteiger partial charge in [0.15, 0.2) is 0 Å². The second-order valence-corrected chi connectivity index (χ2v) is 7.85. The van der Waals surface area contributed by atoms with Crippen LogP contribution in [0.5, 0.6) is 11.5 Å². The summed E-state index contributed by atoms with van der Waals surface area (Å²) in [5, 5.41) is 12.6. The summed E-state index contributed by atoms with van der Waals surface area (Å²) in [6, 6.07) is 15.0. The predicted octanol–water partition coefficient (Wildman–Crippen LogP) is 3.82. The number of phenolic OH excluding ortho intramolecular Hbond substituents is 1. The number of carbonyl (C=O) groups is 1. The predicted molar refractivity (Wildman–Crippen MR) is 111 cm³/mol. The van der Waals surface area contributed by atoms with E-state index in [-0.39, 0.29) is 11.9 Å². The molecule has 1 heterocycles. The van der Waals surface area contributed by atoms with Crippen LogP contribution < -0.4 is 10.1 Å². The summed E-state index contributed by atoms with van der Waals surface area (Å²) in [7, 11) is 0. The molecule has 1 aliphatic heterocycles. The number of nitrogens with zero attached hydrogens (tertiary/aromatic N) is 1. The Morgan fingerprint density at radius 1 is 1.25 bits per heavy atom. The number of likely N-dealkylation sites (tertiary alicyclic amines) is 1. The largest absolute Gasteiger partial charge is 0.508 e. The third-order valence-electron chi connectivity index (χ3n) is 4.95. The monoisotopic (exact) mass is 382 g/mol. The van der Waals surface area contributed by atoms with Gasteiger partial charge < -0.3 is 15.2 Å². The summed E-state index contributed by atoms with van der Waals surface area (Å²) >= 11 is 0. The lowest BCUT2D eigenvalue weighted by Crippen LogP contribution is -2.37. The first kappa shape index (κ1) is 20.2. The third kappa shape index (κ3) is 5.73. The first-order valence-electron chi connectivity index (χ1n) is 10.0. The zero-order chi connectivity index (χ0) is 19.9. The molecule has 2 N–H and O–H groups in total. The maximum absolute atomic E-state index is 12.4. The smallest absolute Gasteiger partial charge is 0.255 e. The van der Waals surface area contributed by atoms with Crippen molar-refractivity contribution in [2.75, 3.05) is 19.7 Å².